The number of hydrogen-bond acceptors (Lipinski definition) is 6. The molecule has 8 heteroatoms. The van der Waals surface area contributed by atoms with Gasteiger partial charge in [-0.25, -0.2) is 4.79 Å². The molecule has 8 nitrogen and oxygen atoms in total. The molecule has 4 atom stereocenters. The van der Waals surface area contributed by atoms with E-state index in [1.165, 1.54) is 12.1 Å². The first-order chi connectivity index (χ1) is 11.6. The molecule has 0 aromatic rings. The SMILES string of the molecule is CC=CC(O)C1C=CC2C(=O)N(C)C(=O)C2N1NC(=O)OC(C)(C)C. The first-order valence-corrected chi connectivity index (χ1v) is 8.15. The molecule has 0 aliphatic carbocycles. The van der Waals surface area contributed by atoms with Crippen molar-refractivity contribution in [2.24, 2.45) is 5.92 Å². The molecule has 0 aromatic heterocycles. The second kappa shape index (κ2) is 6.97. The van der Waals surface area contributed by atoms with E-state index in [1.807, 2.05) is 0 Å². The van der Waals surface area contributed by atoms with E-state index in [0.29, 0.717) is 0 Å². The fraction of sp³-hybridized carbons (Fsp3) is 0.588. The average Bonchev–Trinajstić information content (AvgIpc) is 2.71. The van der Waals surface area contributed by atoms with Gasteiger partial charge in [0, 0.05) is 7.05 Å². The van der Waals surface area contributed by atoms with Gasteiger partial charge in [0.1, 0.15) is 11.6 Å². The predicted octanol–water partition coefficient (Wildman–Crippen LogP) is 0.587. The molecule has 4 unspecified atom stereocenters. The van der Waals surface area contributed by atoms with E-state index in [4.69, 9.17) is 4.74 Å². The number of aliphatic hydroxyl groups is 1. The molecule has 1 saturated heterocycles. The smallest absolute Gasteiger partial charge is 0.422 e. The Hall–Kier alpha value is -2.19. The fourth-order valence-corrected chi connectivity index (χ4v) is 2.95. The van der Waals surface area contributed by atoms with Gasteiger partial charge in [0.05, 0.1) is 18.1 Å². The number of likely N-dealkylation sites (tertiary alicyclic amines) is 1. The lowest BCUT2D eigenvalue weighted by atomic mass is 9.92. The van der Waals surface area contributed by atoms with Crippen molar-refractivity contribution in [3.63, 3.8) is 0 Å². The van der Waals surface area contributed by atoms with Crippen molar-refractivity contribution in [3.05, 3.63) is 24.3 Å². The summed E-state index contributed by atoms with van der Waals surface area (Å²) in [5.74, 6) is -1.49. The molecule has 25 heavy (non-hydrogen) atoms. The molecular weight excluding hydrogens is 326 g/mol. The van der Waals surface area contributed by atoms with Crippen LogP contribution in [0.4, 0.5) is 4.79 Å². The molecule has 2 heterocycles. The van der Waals surface area contributed by atoms with E-state index in [9.17, 15) is 19.5 Å². The fourth-order valence-electron chi connectivity index (χ4n) is 2.95. The van der Waals surface area contributed by atoms with Crippen LogP contribution in [0.2, 0.25) is 0 Å². The number of ether oxygens (including phenoxy) is 1. The molecule has 1 fully saturated rings. The Balaban J connectivity index is 2.33. The minimum absolute atomic E-state index is 0.346. The number of carbonyl (C=O) groups excluding carboxylic acids is 3. The van der Waals surface area contributed by atoms with Crippen LogP contribution in [-0.4, -0.2) is 63.8 Å². The van der Waals surface area contributed by atoms with E-state index >= 15 is 0 Å². The van der Waals surface area contributed by atoms with Gasteiger partial charge >= 0.3 is 6.09 Å². The summed E-state index contributed by atoms with van der Waals surface area (Å²) in [6, 6.07) is -1.62. The Morgan fingerprint density at radius 2 is 1.96 bits per heavy atom. The molecule has 2 aliphatic rings. The van der Waals surface area contributed by atoms with Crippen molar-refractivity contribution in [1.29, 1.82) is 0 Å². The molecule has 0 bridgehead atoms. The van der Waals surface area contributed by atoms with Gasteiger partial charge in [-0.3, -0.25) is 19.9 Å². The molecular formula is C17H25N3O5. The van der Waals surface area contributed by atoms with Crippen molar-refractivity contribution in [1.82, 2.24) is 15.3 Å². The van der Waals surface area contributed by atoms with E-state index in [-0.39, 0.29) is 5.91 Å². The van der Waals surface area contributed by atoms with Gasteiger partial charge in [-0.15, -0.1) is 0 Å². The second-order valence-electron chi connectivity index (χ2n) is 7.12. The van der Waals surface area contributed by atoms with Gasteiger partial charge < -0.3 is 9.84 Å². The van der Waals surface area contributed by atoms with Crippen molar-refractivity contribution < 1.29 is 24.2 Å². The van der Waals surface area contributed by atoms with Crippen LogP contribution in [0.15, 0.2) is 24.3 Å². The normalized spacial score (nSPS) is 28.4. The number of allylic oxidation sites excluding steroid dienone is 1. The Kier molecular flexibility index (Phi) is 5.34. The molecule has 2 rings (SSSR count). The van der Waals surface area contributed by atoms with Gasteiger partial charge in [0.25, 0.3) is 0 Å². The summed E-state index contributed by atoms with van der Waals surface area (Å²) in [6.45, 7) is 6.91. The monoisotopic (exact) mass is 351 g/mol. The number of rotatable bonds is 3. The van der Waals surface area contributed by atoms with Crippen LogP contribution < -0.4 is 5.43 Å². The molecule has 0 spiro atoms. The highest BCUT2D eigenvalue weighted by atomic mass is 16.6. The summed E-state index contributed by atoms with van der Waals surface area (Å²) in [4.78, 5) is 37.9. The maximum absolute atomic E-state index is 12.5. The number of nitrogens with zero attached hydrogens (tertiary/aromatic N) is 2. The van der Waals surface area contributed by atoms with E-state index in [0.717, 1.165) is 4.90 Å². The number of likely N-dealkylation sites (N-methyl/N-ethyl adjacent to an activating group) is 1. The molecule has 0 aromatic carbocycles. The van der Waals surface area contributed by atoms with Crippen molar-refractivity contribution in [2.75, 3.05) is 7.05 Å². The summed E-state index contributed by atoms with van der Waals surface area (Å²) >= 11 is 0. The van der Waals surface area contributed by atoms with Gasteiger partial charge in [0.2, 0.25) is 11.8 Å². The van der Waals surface area contributed by atoms with Crippen LogP contribution in [0.25, 0.3) is 0 Å². The third kappa shape index (κ3) is 3.91. The maximum atomic E-state index is 12.5. The summed E-state index contributed by atoms with van der Waals surface area (Å²) in [5, 5.41) is 11.7. The molecule has 0 saturated carbocycles. The van der Waals surface area contributed by atoms with Gasteiger partial charge in [-0.1, -0.05) is 24.3 Å². The van der Waals surface area contributed by atoms with Crippen LogP contribution >= 0.6 is 0 Å². The zero-order chi connectivity index (χ0) is 18.9. The number of carbonyl (C=O) groups is 3. The number of amides is 3. The molecule has 2 aliphatic heterocycles. The van der Waals surface area contributed by atoms with Gasteiger partial charge in [-0.05, 0) is 27.7 Å². The van der Waals surface area contributed by atoms with Gasteiger partial charge in [-0.2, -0.15) is 5.01 Å². The summed E-state index contributed by atoms with van der Waals surface area (Å²) in [5.41, 5.74) is 1.81. The van der Waals surface area contributed by atoms with Crippen molar-refractivity contribution in [2.45, 2.75) is 51.5 Å². The first kappa shape index (κ1) is 19.1. The standard InChI is InChI=1S/C17H25N3O5/c1-6-7-12(21)11-9-8-10-13(15(23)19(5)14(10)22)20(11)18-16(24)25-17(2,3)4/h6-13,21H,1-5H3,(H,18,24). The largest absolute Gasteiger partial charge is 0.443 e. The third-order valence-electron chi connectivity index (χ3n) is 4.03. The predicted molar refractivity (Wildman–Crippen MR) is 90.0 cm³/mol. The summed E-state index contributed by atoms with van der Waals surface area (Å²) < 4.78 is 5.24. The number of nitrogens with one attached hydrogen (secondary N) is 1. The highest BCUT2D eigenvalue weighted by molar-refractivity contribution is 6.08. The molecule has 0 radical (unpaired) electrons. The highest BCUT2D eigenvalue weighted by Crippen LogP contribution is 2.31. The highest BCUT2D eigenvalue weighted by Gasteiger charge is 2.52. The topological polar surface area (TPSA) is 99.2 Å². The van der Waals surface area contributed by atoms with Crippen molar-refractivity contribution in [3.8, 4) is 0 Å². The zero-order valence-electron chi connectivity index (χ0n) is 15.1. The van der Waals surface area contributed by atoms with Crippen LogP contribution in [0, 0.1) is 5.92 Å². The minimum atomic E-state index is -0.967. The van der Waals surface area contributed by atoms with E-state index < -0.39 is 41.7 Å². The lowest BCUT2D eigenvalue weighted by Crippen LogP contribution is -2.62. The second-order valence-corrected chi connectivity index (χ2v) is 7.12. The van der Waals surface area contributed by atoms with E-state index in [2.05, 4.69) is 5.43 Å². The Morgan fingerprint density at radius 1 is 1.32 bits per heavy atom. The van der Waals surface area contributed by atoms with Crippen LogP contribution in [0.5, 0.6) is 0 Å². The number of hydrogen-bond donors (Lipinski definition) is 2. The molecule has 138 valence electrons. The first-order valence-electron chi connectivity index (χ1n) is 8.15. The Labute approximate surface area is 147 Å². The Morgan fingerprint density at radius 3 is 2.52 bits per heavy atom. The van der Waals surface area contributed by atoms with E-state index in [1.54, 1.807) is 52.0 Å². The quantitative estimate of drug-likeness (QED) is 0.570. The van der Waals surface area contributed by atoms with Crippen LogP contribution in [-0.2, 0) is 14.3 Å². The number of aliphatic hydroxyl groups excluding tert-OH is 1. The number of imide groups is 1. The minimum Gasteiger partial charge on any atom is -0.443 e. The zero-order valence-corrected chi connectivity index (χ0v) is 15.1. The van der Waals surface area contributed by atoms with Crippen LogP contribution in [0.3, 0.4) is 0 Å². The third-order valence-corrected chi connectivity index (χ3v) is 4.03. The maximum Gasteiger partial charge on any atom is 0.422 e. The number of fused-ring (bicyclic) bond motifs is 1. The Bertz CT molecular complexity index is 622. The lowest BCUT2D eigenvalue weighted by molar-refractivity contribution is -0.138. The van der Waals surface area contributed by atoms with Crippen molar-refractivity contribution >= 4 is 17.9 Å². The molecule has 2 N–H and O–H groups in total. The lowest BCUT2D eigenvalue weighted by Gasteiger charge is -2.39. The average molecular weight is 351 g/mol. The van der Waals surface area contributed by atoms with Gasteiger partial charge in [0.15, 0.2) is 0 Å². The number of hydrazine groups is 1. The molecule has 3 amide bonds. The summed E-state index contributed by atoms with van der Waals surface area (Å²) in [7, 11) is 1.40. The summed E-state index contributed by atoms with van der Waals surface area (Å²) in [6.07, 6.45) is 4.72. The van der Waals surface area contributed by atoms with Crippen LogP contribution in [0.1, 0.15) is 27.7 Å².